The molecule has 0 atom stereocenters. The zero-order valence-corrected chi connectivity index (χ0v) is 11.0. The van der Waals surface area contributed by atoms with E-state index < -0.39 is 22.9 Å². The molecule has 0 aliphatic rings. The first-order chi connectivity index (χ1) is 9.86. The lowest BCUT2D eigenvalue weighted by molar-refractivity contribution is -0.111. The molecule has 11 heteroatoms. The van der Waals surface area contributed by atoms with E-state index >= 15 is 0 Å². The molecule has 2 aromatic heterocycles. The summed E-state index contributed by atoms with van der Waals surface area (Å²) in [5, 5.41) is 12.1. The Morgan fingerprint density at radius 2 is 2.10 bits per heavy atom. The Kier molecular flexibility index (Phi) is 3.28. The van der Waals surface area contributed by atoms with Crippen LogP contribution in [-0.4, -0.2) is 30.7 Å². The first-order valence-electron chi connectivity index (χ1n) is 5.56. The summed E-state index contributed by atoms with van der Waals surface area (Å²) in [6, 6.07) is 1.50. The van der Waals surface area contributed by atoms with Crippen molar-refractivity contribution in [3.8, 4) is 6.07 Å². The van der Waals surface area contributed by atoms with Crippen LogP contribution < -0.4 is 22.4 Å². The van der Waals surface area contributed by atoms with E-state index in [0.717, 1.165) is 4.57 Å². The second-order valence-corrected chi connectivity index (χ2v) is 4.04. The number of carbonyl (C=O) groups excluding carboxylic acids is 1. The second kappa shape index (κ2) is 4.93. The Labute approximate surface area is 116 Å². The number of H-pyrrole nitrogens is 1. The number of amides is 1. The Morgan fingerprint density at radius 3 is 2.67 bits per heavy atom. The van der Waals surface area contributed by atoms with Crippen LogP contribution in [0, 0.1) is 11.3 Å². The largest absolute Gasteiger partial charge is 0.364 e. The third kappa shape index (κ3) is 2.25. The summed E-state index contributed by atoms with van der Waals surface area (Å²) in [4.78, 5) is 41.0. The Balaban J connectivity index is 2.56. The minimum absolute atomic E-state index is 0.0164. The van der Waals surface area contributed by atoms with Gasteiger partial charge in [-0.15, -0.1) is 0 Å². The monoisotopic (exact) mass is 290 g/mol. The van der Waals surface area contributed by atoms with Crippen LogP contribution in [0.2, 0.25) is 0 Å². The molecule has 0 bridgehead atoms. The number of hydrazone groups is 1. The number of nitrogens with zero attached hydrogens (tertiary/aromatic N) is 5. The number of carbonyl (C=O) groups is 1. The van der Waals surface area contributed by atoms with Gasteiger partial charge in [-0.3, -0.25) is 18.7 Å². The standard InChI is InChI=1S/C10H10N8O3/c1-17-7-5(8(20)18(2)10(17)21)13-9(14-7)16-15-4(3-11)6(12)19/h1-2H3,(H2,12,19)(H2,13,14,16)/b15-4+. The highest BCUT2D eigenvalue weighted by Gasteiger charge is 2.13. The number of hydrogen-bond donors (Lipinski definition) is 3. The minimum atomic E-state index is -1.01. The van der Waals surface area contributed by atoms with Crippen molar-refractivity contribution in [2.75, 3.05) is 5.43 Å². The molecule has 0 aliphatic carbocycles. The van der Waals surface area contributed by atoms with Crippen LogP contribution in [0.3, 0.4) is 0 Å². The average molecular weight is 290 g/mol. The molecular formula is C10H10N8O3. The van der Waals surface area contributed by atoms with Gasteiger partial charge in [-0.1, -0.05) is 0 Å². The summed E-state index contributed by atoms with van der Waals surface area (Å²) in [5.41, 5.74) is 5.74. The quantitative estimate of drug-likeness (QED) is 0.426. The summed E-state index contributed by atoms with van der Waals surface area (Å²) < 4.78 is 2.08. The van der Waals surface area contributed by atoms with Crippen LogP contribution in [-0.2, 0) is 18.9 Å². The molecule has 0 unspecified atom stereocenters. The molecule has 0 aromatic carbocycles. The van der Waals surface area contributed by atoms with Crippen LogP contribution in [0.15, 0.2) is 14.7 Å². The molecule has 2 rings (SSSR count). The smallest absolute Gasteiger partial charge is 0.332 e. The number of aryl methyl sites for hydroxylation is 1. The van der Waals surface area contributed by atoms with E-state index in [-0.39, 0.29) is 17.1 Å². The van der Waals surface area contributed by atoms with Gasteiger partial charge in [0.15, 0.2) is 11.2 Å². The first-order valence-corrected chi connectivity index (χ1v) is 5.56. The van der Waals surface area contributed by atoms with Crippen molar-refractivity contribution in [2.24, 2.45) is 24.9 Å². The number of primary amides is 1. The molecule has 2 aromatic rings. The van der Waals surface area contributed by atoms with Crippen molar-refractivity contribution < 1.29 is 4.79 Å². The minimum Gasteiger partial charge on any atom is -0.364 e. The van der Waals surface area contributed by atoms with E-state index in [1.54, 1.807) is 0 Å². The fourth-order valence-electron chi connectivity index (χ4n) is 1.62. The van der Waals surface area contributed by atoms with E-state index in [0.29, 0.717) is 0 Å². The van der Waals surface area contributed by atoms with Crippen molar-refractivity contribution in [2.45, 2.75) is 0 Å². The maximum Gasteiger partial charge on any atom is 0.332 e. The highest BCUT2D eigenvalue weighted by Crippen LogP contribution is 2.07. The van der Waals surface area contributed by atoms with Gasteiger partial charge in [0.2, 0.25) is 11.7 Å². The Morgan fingerprint density at radius 1 is 1.43 bits per heavy atom. The molecule has 108 valence electrons. The molecule has 11 nitrogen and oxygen atoms in total. The van der Waals surface area contributed by atoms with Gasteiger partial charge < -0.3 is 10.7 Å². The Bertz CT molecular complexity index is 923. The van der Waals surface area contributed by atoms with Gasteiger partial charge in [0.1, 0.15) is 6.07 Å². The number of anilines is 1. The first kappa shape index (κ1) is 14.0. The van der Waals surface area contributed by atoms with Crippen LogP contribution in [0.4, 0.5) is 5.95 Å². The highest BCUT2D eigenvalue weighted by atomic mass is 16.2. The van der Waals surface area contributed by atoms with Gasteiger partial charge in [0.05, 0.1) is 0 Å². The maximum atomic E-state index is 11.9. The van der Waals surface area contributed by atoms with Crippen LogP contribution in [0.25, 0.3) is 11.2 Å². The van der Waals surface area contributed by atoms with Crippen molar-refractivity contribution in [3.63, 3.8) is 0 Å². The predicted octanol–water partition coefficient (Wildman–Crippen LogP) is -2.26. The second-order valence-electron chi connectivity index (χ2n) is 4.04. The van der Waals surface area contributed by atoms with Crippen molar-refractivity contribution in [1.29, 1.82) is 5.26 Å². The van der Waals surface area contributed by atoms with Gasteiger partial charge in [0, 0.05) is 14.1 Å². The number of imidazole rings is 1. The molecule has 2 heterocycles. The summed E-state index contributed by atoms with van der Waals surface area (Å²) in [7, 11) is 2.78. The summed E-state index contributed by atoms with van der Waals surface area (Å²) in [5.74, 6) is -1.03. The van der Waals surface area contributed by atoms with Crippen LogP contribution in [0.1, 0.15) is 0 Å². The SMILES string of the molecule is Cn1c(=O)c2[nH]c(N/N=C(\C#N)C(N)=O)nc2n(C)c1=O. The third-order valence-electron chi connectivity index (χ3n) is 2.71. The number of hydrogen-bond acceptors (Lipinski definition) is 7. The van der Waals surface area contributed by atoms with E-state index in [9.17, 15) is 14.4 Å². The number of aromatic nitrogens is 4. The zero-order chi connectivity index (χ0) is 15.7. The fraction of sp³-hybridized carbons (Fsp3) is 0.200. The van der Waals surface area contributed by atoms with Gasteiger partial charge in [-0.2, -0.15) is 15.3 Å². The lowest BCUT2D eigenvalue weighted by atomic mass is 10.4. The van der Waals surface area contributed by atoms with Crippen LogP contribution >= 0.6 is 0 Å². The number of nitriles is 1. The molecule has 0 spiro atoms. The molecular weight excluding hydrogens is 280 g/mol. The number of fused-ring (bicyclic) bond motifs is 1. The van der Waals surface area contributed by atoms with Crippen LogP contribution in [0.5, 0.6) is 0 Å². The summed E-state index contributed by atoms with van der Waals surface area (Å²) in [6.07, 6.45) is 0. The average Bonchev–Trinajstić information content (AvgIpc) is 2.87. The number of nitrogens with one attached hydrogen (secondary N) is 2. The molecule has 21 heavy (non-hydrogen) atoms. The summed E-state index contributed by atoms with van der Waals surface area (Å²) >= 11 is 0. The van der Waals surface area contributed by atoms with E-state index in [4.69, 9.17) is 11.0 Å². The number of rotatable bonds is 3. The maximum absolute atomic E-state index is 11.9. The van der Waals surface area contributed by atoms with Gasteiger partial charge in [-0.25, -0.2) is 10.2 Å². The molecule has 0 fully saturated rings. The van der Waals surface area contributed by atoms with Gasteiger partial charge >= 0.3 is 5.69 Å². The lowest BCUT2D eigenvalue weighted by Crippen LogP contribution is -2.36. The highest BCUT2D eigenvalue weighted by molar-refractivity contribution is 6.44. The molecule has 0 radical (unpaired) electrons. The third-order valence-corrected chi connectivity index (χ3v) is 2.71. The lowest BCUT2D eigenvalue weighted by Gasteiger charge is -2.00. The molecule has 0 saturated heterocycles. The molecule has 4 N–H and O–H groups in total. The number of aromatic amines is 1. The van der Waals surface area contributed by atoms with Crippen molar-refractivity contribution in [1.82, 2.24) is 19.1 Å². The normalized spacial score (nSPS) is 11.4. The Hall–Kier alpha value is -3.42. The van der Waals surface area contributed by atoms with Gasteiger partial charge in [0.25, 0.3) is 11.5 Å². The van der Waals surface area contributed by atoms with Crippen molar-refractivity contribution in [3.05, 3.63) is 20.8 Å². The summed E-state index contributed by atoms with van der Waals surface area (Å²) in [6.45, 7) is 0. The van der Waals surface area contributed by atoms with E-state index in [1.807, 2.05) is 0 Å². The number of nitrogens with two attached hydrogens (primary N) is 1. The zero-order valence-electron chi connectivity index (χ0n) is 11.0. The molecule has 0 saturated carbocycles. The van der Waals surface area contributed by atoms with Crippen molar-refractivity contribution >= 4 is 28.7 Å². The topological polar surface area (TPSA) is 164 Å². The molecule has 0 aliphatic heterocycles. The predicted molar refractivity (Wildman–Crippen MR) is 72.4 cm³/mol. The molecule has 1 amide bonds. The van der Waals surface area contributed by atoms with E-state index in [1.165, 1.54) is 24.7 Å². The van der Waals surface area contributed by atoms with E-state index in [2.05, 4.69) is 20.5 Å². The fourth-order valence-corrected chi connectivity index (χ4v) is 1.62. The van der Waals surface area contributed by atoms with Gasteiger partial charge in [-0.05, 0) is 0 Å².